The van der Waals surface area contributed by atoms with E-state index in [1.54, 1.807) is 0 Å². The van der Waals surface area contributed by atoms with Gasteiger partial charge in [0.15, 0.2) is 0 Å². The van der Waals surface area contributed by atoms with Crippen molar-refractivity contribution < 1.29 is 9.90 Å². The Hall–Kier alpha value is -0.570. The van der Waals surface area contributed by atoms with Gasteiger partial charge in [-0.15, -0.1) is 0 Å². The molecule has 1 saturated heterocycles. The highest BCUT2D eigenvalue weighted by atomic mass is 16.4. The van der Waals surface area contributed by atoms with Crippen LogP contribution in [0.5, 0.6) is 0 Å². The zero-order valence-electron chi connectivity index (χ0n) is 7.62. The smallest absolute Gasteiger partial charge is 0.303 e. The zero-order valence-corrected chi connectivity index (χ0v) is 7.62. The molecule has 1 unspecified atom stereocenters. The van der Waals surface area contributed by atoms with E-state index in [0.29, 0.717) is 12.5 Å². The Morgan fingerprint density at radius 2 is 2.42 bits per heavy atom. The highest BCUT2D eigenvalue weighted by Gasteiger charge is 2.19. The summed E-state index contributed by atoms with van der Waals surface area (Å²) in [4.78, 5) is 12.6. The van der Waals surface area contributed by atoms with Crippen LogP contribution in [0.3, 0.4) is 0 Å². The summed E-state index contributed by atoms with van der Waals surface area (Å²) in [7, 11) is 2.12. The summed E-state index contributed by atoms with van der Waals surface area (Å²) < 4.78 is 0. The maximum absolute atomic E-state index is 10.2. The molecule has 1 N–H and O–H groups in total. The minimum absolute atomic E-state index is 0.324. The summed E-state index contributed by atoms with van der Waals surface area (Å²) in [5.74, 6) is -0.671. The number of hydrogen-bond donors (Lipinski definition) is 1. The molecule has 0 saturated carbocycles. The van der Waals surface area contributed by atoms with E-state index in [-0.39, 0.29) is 0 Å². The topological polar surface area (TPSA) is 40.5 Å². The van der Waals surface area contributed by atoms with Gasteiger partial charge in [-0.2, -0.15) is 0 Å². The molecule has 0 amide bonds. The first kappa shape index (κ1) is 9.52. The van der Waals surface area contributed by atoms with Crippen LogP contribution in [-0.4, -0.2) is 35.6 Å². The van der Waals surface area contributed by atoms with E-state index in [1.807, 2.05) is 0 Å². The largest absolute Gasteiger partial charge is 0.481 e. The fourth-order valence-electron chi connectivity index (χ4n) is 1.83. The van der Waals surface area contributed by atoms with Crippen LogP contribution >= 0.6 is 0 Å². The van der Waals surface area contributed by atoms with Crippen molar-refractivity contribution in [2.45, 2.75) is 38.1 Å². The number of carbonyl (C=O) groups is 1. The summed E-state index contributed by atoms with van der Waals surface area (Å²) >= 11 is 0. The lowest BCUT2D eigenvalue weighted by atomic mass is 10.1. The van der Waals surface area contributed by atoms with Gasteiger partial charge in [-0.25, -0.2) is 0 Å². The Labute approximate surface area is 73.4 Å². The molecule has 3 nitrogen and oxygen atoms in total. The number of nitrogens with zero attached hydrogens (tertiary/aromatic N) is 1. The molecule has 1 aliphatic heterocycles. The van der Waals surface area contributed by atoms with Crippen LogP contribution in [0.25, 0.3) is 0 Å². The van der Waals surface area contributed by atoms with E-state index in [0.717, 1.165) is 12.8 Å². The summed E-state index contributed by atoms with van der Waals surface area (Å²) in [5, 5.41) is 8.44. The van der Waals surface area contributed by atoms with Gasteiger partial charge in [0.25, 0.3) is 0 Å². The van der Waals surface area contributed by atoms with E-state index < -0.39 is 5.97 Å². The van der Waals surface area contributed by atoms with Crippen LogP contribution in [0.2, 0.25) is 0 Å². The third-order valence-corrected chi connectivity index (χ3v) is 2.60. The lowest BCUT2D eigenvalue weighted by Crippen LogP contribution is -2.24. The van der Waals surface area contributed by atoms with Gasteiger partial charge in [-0.1, -0.05) is 0 Å². The van der Waals surface area contributed by atoms with E-state index >= 15 is 0 Å². The van der Waals surface area contributed by atoms with Gasteiger partial charge < -0.3 is 10.0 Å². The standard InChI is InChI=1S/C9H17NO2/c1-10-7-3-5-8(10)4-2-6-9(11)12/h8H,2-7H2,1H3,(H,11,12). The third-order valence-electron chi connectivity index (χ3n) is 2.60. The van der Waals surface area contributed by atoms with E-state index in [9.17, 15) is 4.79 Å². The van der Waals surface area contributed by atoms with Gasteiger partial charge in [0.2, 0.25) is 0 Å². The lowest BCUT2D eigenvalue weighted by Gasteiger charge is -2.18. The number of likely N-dealkylation sites (tertiary alicyclic amines) is 1. The molecule has 3 heteroatoms. The Morgan fingerprint density at radius 3 is 2.92 bits per heavy atom. The summed E-state index contributed by atoms with van der Waals surface area (Å²) in [6.07, 6.45) is 4.71. The molecule has 70 valence electrons. The van der Waals surface area contributed by atoms with E-state index in [2.05, 4.69) is 11.9 Å². The van der Waals surface area contributed by atoms with Crippen LogP contribution in [0, 0.1) is 0 Å². The molecule has 0 bridgehead atoms. The van der Waals surface area contributed by atoms with Crippen molar-refractivity contribution in [3.05, 3.63) is 0 Å². The highest BCUT2D eigenvalue weighted by molar-refractivity contribution is 5.66. The van der Waals surface area contributed by atoms with Gasteiger partial charge in [-0.3, -0.25) is 4.79 Å². The maximum atomic E-state index is 10.2. The molecule has 1 atom stereocenters. The second-order valence-corrected chi connectivity index (χ2v) is 3.56. The van der Waals surface area contributed by atoms with Crippen molar-refractivity contribution in [1.82, 2.24) is 4.90 Å². The number of carboxylic acid groups (broad SMARTS) is 1. The summed E-state index contributed by atoms with van der Waals surface area (Å²) in [6.45, 7) is 1.18. The highest BCUT2D eigenvalue weighted by Crippen LogP contribution is 2.19. The zero-order chi connectivity index (χ0) is 8.97. The average molecular weight is 171 g/mol. The molecule has 12 heavy (non-hydrogen) atoms. The molecule has 0 aromatic carbocycles. The van der Waals surface area contributed by atoms with Crippen molar-refractivity contribution in [2.24, 2.45) is 0 Å². The van der Waals surface area contributed by atoms with E-state index in [4.69, 9.17) is 5.11 Å². The lowest BCUT2D eigenvalue weighted by molar-refractivity contribution is -0.137. The molecule has 0 spiro atoms. The molecular weight excluding hydrogens is 154 g/mol. The fourth-order valence-corrected chi connectivity index (χ4v) is 1.83. The SMILES string of the molecule is CN1CCCC1CCCC(=O)O. The van der Waals surface area contributed by atoms with Crippen LogP contribution in [0.1, 0.15) is 32.1 Å². The van der Waals surface area contributed by atoms with Crippen molar-refractivity contribution in [2.75, 3.05) is 13.6 Å². The van der Waals surface area contributed by atoms with Crippen molar-refractivity contribution in [3.63, 3.8) is 0 Å². The van der Waals surface area contributed by atoms with Crippen LogP contribution in [-0.2, 0) is 4.79 Å². The van der Waals surface area contributed by atoms with Gasteiger partial charge in [-0.05, 0) is 39.3 Å². The molecule has 1 aliphatic rings. The Balaban J connectivity index is 2.10. The van der Waals surface area contributed by atoms with Gasteiger partial charge in [0.05, 0.1) is 0 Å². The van der Waals surface area contributed by atoms with Crippen molar-refractivity contribution in [1.29, 1.82) is 0 Å². The molecular formula is C9H17NO2. The van der Waals surface area contributed by atoms with Crippen molar-refractivity contribution >= 4 is 5.97 Å². The Bertz CT molecular complexity index is 159. The Morgan fingerprint density at radius 1 is 1.67 bits per heavy atom. The predicted molar refractivity (Wildman–Crippen MR) is 47.1 cm³/mol. The normalized spacial score (nSPS) is 24.6. The molecule has 0 aromatic heterocycles. The number of rotatable bonds is 4. The summed E-state index contributed by atoms with van der Waals surface area (Å²) in [6, 6.07) is 0.643. The molecule has 1 heterocycles. The molecule has 0 aliphatic carbocycles. The first-order valence-electron chi connectivity index (χ1n) is 4.62. The maximum Gasteiger partial charge on any atom is 0.303 e. The molecule has 1 rings (SSSR count). The first-order valence-corrected chi connectivity index (χ1v) is 4.62. The average Bonchev–Trinajstić information content (AvgIpc) is 2.36. The second-order valence-electron chi connectivity index (χ2n) is 3.56. The third kappa shape index (κ3) is 2.81. The predicted octanol–water partition coefficient (Wildman–Crippen LogP) is 1.34. The second kappa shape index (κ2) is 4.45. The summed E-state index contributed by atoms with van der Waals surface area (Å²) in [5.41, 5.74) is 0. The minimum atomic E-state index is -0.671. The van der Waals surface area contributed by atoms with Crippen LogP contribution in [0.4, 0.5) is 0 Å². The van der Waals surface area contributed by atoms with Gasteiger partial charge in [0, 0.05) is 12.5 Å². The number of aliphatic carboxylic acids is 1. The monoisotopic (exact) mass is 171 g/mol. The first-order chi connectivity index (χ1) is 5.70. The van der Waals surface area contributed by atoms with Crippen LogP contribution < -0.4 is 0 Å². The molecule has 0 aromatic rings. The van der Waals surface area contributed by atoms with Crippen LogP contribution in [0.15, 0.2) is 0 Å². The number of carboxylic acids is 1. The van der Waals surface area contributed by atoms with Crippen molar-refractivity contribution in [3.8, 4) is 0 Å². The van der Waals surface area contributed by atoms with Gasteiger partial charge in [0.1, 0.15) is 0 Å². The molecule has 0 radical (unpaired) electrons. The Kier molecular flexibility index (Phi) is 3.53. The van der Waals surface area contributed by atoms with Gasteiger partial charge >= 0.3 is 5.97 Å². The quantitative estimate of drug-likeness (QED) is 0.693. The molecule has 1 fully saturated rings. The fraction of sp³-hybridized carbons (Fsp3) is 0.889. The number of hydrogen-bond acceptors (Lipinski definition) is 2. The van der Waals surface area contributed by atoms with E-state index in [1.165, 1.54) is 19.4 Å². The minimum Gasteiger partial charge on any atom is -0.481 e.